The number of nitrogens with one attached hydrogen (secondary N) is 1. The van der Waals surface area contributed by atoms with Gasteiger partial charge in [-0.2, -0.15) is 0 Å². The molecule has 30 heavy (non-hydrogen) atoms. The van der Waals surface area contributed by atoms with Crippen LogP contribution in [0.1, 0.15) is 42.0 Å². The molecular weight excluding hydrogens is 393 g/mol. The topological polar surface area (TPSA) is 55.4 Å². The number of hydrogen-bond donors (Lipinski definition) is 1. The molecule has 1 amide bonds. The fourth-order valence-electron chi connectivity index (χ4n) is 4.81. The quantitative estimate of drug-likeness (QED) is 0.487. The van der Waals surface area contributed by atoms with Crippen LogP contribution in [0.3, 0.4) is 0 Å². The zero-order valence-electron chi connectivity index (χ0n) is 18.6. The molecule has 1 fully saturated rings. The summed E-state index contributed by atoms with van der Waals surface area (Å²) >= 11 is 0. The van der Waals surface area contributed by atoms with Crippen LogP contribution < -0.4 is 5.32 Å². The Morgan fingerprint density at radius 1 is 1.03 bits per heavy atom. The van der Waals surface area contributed by atoms with Crippen LogP contribution in [0.25, 0.3) is 0 Å². The van der Waals surface area contributed by atoms with Gasteiger partial charge >= 0.3 is 180 Å². The molecule has 0 radical (unpaired) electrons. The van der Waals surface area contributed by atoms with Crippen molar-refractivity contribution in [2.75, 3.05) is 23.8 Å². The van der Waals surface area contributed by atoms with Gasteiger partial charge in [-0.3, -0.25) is 0 Å². The first-order valence-electron chi connectivity index (χ1n) is 10.9. The second-order valence-corrected chi connectivity index (χ2v) is 13.8. The Labute approximate surface area is 180 Å². The van der Waals surface area contributed by atoms with E-state index in [2.05, 4.69) is 24.4 Å². The fraction of sp³-hybridized carbons (Fsp3) is 0.440. The molecule has 162 valence electrons. The van der Waals surface area contributed by atoms with E-state index >= 15 is 0 Å². The van der Waals surface area contributed by atoms with E-state index in [1.807, 2.05) is 51.1 Å². The average Bonchev–Trinajstić information content (AvgIpc) is 3.18. The second kappa shape index (κ2) is 9.75. The van der Waals surface area contributed by atoms with E-state index in [4.69, 9.17) is 4.74 Å². The third-order valence-electron chi connectivity index (χ3n) is 6.58. The molecule has 1 heterocycles. The molecule has 0 bridgehead atoms. The Hall–Kier alpha value is -2.19. The Balaban J connectivity index is 1.68. The van der Waals surface area contributed by atoms with Crippen LogP contribution >= 0.6 is 7.26 Å². The second-order valence-electron chi connectivity index (χ2n) is 8.88. The molecule has 1 N–H and O–H groups in total. The number of benzene rings is 2. The summed E-state index contributed by atoms with van der Waals surface area (Å²) in [6, 6.07) is 13.9. The standard InChI is InChI=1S/C25H34NO3P/c1-18-14-19(2)24(20(3)15-18)26-25(28)21(4)30(12-8-9-13-30)17-23(27)29-16-22-10-6-5-7-11-22/h5-7,10-11,14-15,21,30H,8-9,12-13,16-17H2,1-4H3,(H,26,28). The minimum atomic E-state index is -2.09. The predicted octanol–water partition coefficient (Wildman–Crippen LogP) is 5.23. The Kier molecular flexibility index (Phi) is 7.31. The SMILES string of the molecule is Cc1cc(C)c(NC(=O)C(C)[PH]2(CC(=O)OCc3ccccc3)CCCC2)c(C)c1. The molecule has 1 saturated heterocycles. The Morgan fingerprint density at radius 3 is 2.23 bits per heavy atom. The molecule has 3 rings (SSSR count). The van der Waals surface area contributed by atoms with Gasteiger partial charge in [0.2, 0.25) is 0 Å². The van der Waals surface area contributed by atoms with Crippen molar-refractivity contribution in [3.8, 4) is 0 Å². The molecule has 0 spiro atoms. The van der Waals surface area contributed by atoms with Crippen molar-refractivity contribution in [3.63, 3.8) is 0 Å². The molecule has 4 nitrogen and oxygen atoms in total. The molecule has 2 aromatic carbocycles. The van der Waals surface area contributed by atoms with Crippen LogP contribution in [0.5, 0.6) is 0 Å². The predicted molar refractivity (Wildman–Crippen MR) is 127 cm³/mol. The van der Waals surface area contributed by atoms with E-state index in [0.29, 0.717) is 12.8 Å². The molecule has 1 unspecified atom stereocenters. The van der Waals surface area contributed by atoms with E-state index in [0.717, 1.165) is 47.5 Å². The first-order chi connectivity index (χ1) is 14.3. The zero-order valence-corrected chi connectivity index (χ0v) is 19.6. The monoisotopic (exact) mass is 427 g/mol. The van der Waals surface area contributed by atoms with Crippen molar-refractivity contribution in [2.24, 2.45) is 0 Å². The summed E-state index contributed by atoms with van der Waals surface area (Å²) in [5.41, 5.74) is 5.13. The first kappa shape index (κ1) is 22.5. The molecular formula is C25H34NO3P. The Bertz CT molecular complexity index is 881. The summed E-state index contributed by atoms with van der Waals surface area (Å²) in [5, 5.41) is 3.18. The third-order valence-corrected chi connectivity index (χ3v) is 12.4. The molecule has 0 saturated carbocycles. The number of amides is 1. The van der Waals surface area contributed by atoms with Crippen LogP contribution in [0.15, 0.2) is 42.5 Å². The van der Waals surface area contributed by atoms with Crippen molar-refractivity contribution in [3.05, 3.63) is 64.7 Å². The normalized spacial score (nSPS) is 17.2. The number of anilines is 1. The van der Waals surface area contributed by atoms with Crippen LogP contribution in [0.2, 0.25) is 0 Å². The van der Waals surface area contributed by atoms with Crippen molar-refractivity contribution >= 4 is 24.8 Å². The average molecular weight is 428 g/mol. The Morgan fingerprint density at radius 2 is 1.63 bits per heavy atom. The van der Waals surface area contributed by atoms with E-state index in [1.54, 1.807) is 0 Å². The number of hydrogen-bond acceptors (Lipinski definition) is 3. The van der Waals surface area contributed by atoms with Gasteiger partial charge in [0, 0.05) is 0 Å². The van der Waals surface area contributed by atoms with Gasteiger partial charge < -0.3 is 0 Å². The molecule has 0 aliphatic carbocycles. The van der Waals surface area contributed by atoms with Crippen LogP contribution in [0, 0.1) is 20.8 Å². The van der Waals surface area contributed by atoms with Gasteiger partial charge in [-0.1, -0.05) is 0 Å². The van der Waals surface area contributed by atoms with Gasteiger partial charge in [-0.15, -0.1) is 0 Å². The third kappa shape index (κ3) is 5.29. The van der Waals surface area contributed by atoms with E-state index in [-0.39, 0.29) is 17.5 Å². The number of rotatable bonds is 7. The molecule has 5 heteroatoms. The number of carbonyl (C=O) groups is 2. The summed E-state index contributed by atoms with van der Waals surface area (Å²) in [6.07, 6.45) is 4.69. The van der Waals surface area contributed by atoms with Gasteiger partial charge in [0.1, 0.15) is 0 Å². The van der Waals surface area contributed by atoms with E-state index in [9.17, 15) is 9.59 Å². The first-order valence-corrected chi connectivity index (χ1v) is 13.6. The number of ether oxygens (including phenoxy) is 1. The van der Waals surface area contributed by atoms with Gasteiger partial charge in [0.25, 0.3) is 0 Å². The zero-order chi connectivity index (χ0) is 21.7. The summed E-state index contributed by atoms with van der Waals surface area (Å²) in [5.74, 6) is -0.107. The number of esters is 1. The van der Waals surface area contributed by atoms with Crippen molar-refractivity contribution < 1.29 is 14.3 Å². The molecule has 1 aliphatic heterocycles. The molecule has 2 aromatic rings. The van der Waals surface area contributed by atoms with Gasteiger partial charge in [-0.05, 0) is 0 Å². The van der Waals surface area contributed by atoms with Crippen molar-refractivity contribution in [1.82, 2.24) is 0 Å². The number of aryl methyl sites for hydroxylation is 3. The number of carbonyl (C=O) groups excluding carboxylic acids is 2. The van der Waals surface area contributed by atoms with Gasteiger partial charge in [-0.25, -0.2) is 0 Å². The van der Waals surface area contributed by atoms with Crippen LogP contribution in [-0.2, 0) is 20.9 Å². The summed E-state index contributed by atoms with van der Waals surface area (Å²) in [4.78, 5) is 25.9. The summed E-state index contributed by atoms with van der Waals surface area (Å²) in [7, 11) is -2.09. The van der Waals surface area contributed by atoms with Gasteiger partial charge in [0.15, 0.2) is 0 Å². The summed E-state index contributed by atoms with van der Waals surface area (Å²) in [6.45, 7) is 8.45. The van der Waals surface area contributed by atoms with Crippen LogP contribution in [0.4, 0.5) is 5.69 Å². The van der Waals surface area contributed by atoms with Crippen molar-refractivity contribution in [1.29, 1.82) is 0 Å². The van der Waals surface area contributed by atoms with E-state index < -0.39 is 7.26 Å². The van der Waals surface area contributed by atoms with Crippen LogP contribution in [-0.4, -0.2) is 36.0 Å². The minimum absolute atomic E-state index is 0.0504. The fourth-order valence-corrected chi connectivity index (χ4v) is 9.79. The maximum atomic E-state index is 13.2. The summed E-state index contributed by atoms with van der Waals surface area (Å²) < 4.78 is 5.58. The maximum absolute atomic E-state index is 13.2. The molecule has 1 atom stereocenters. The van der Waals surface area contributed by atoms with Gasteiger partial charge in [0.05, 0.1) is 0 Å². The molecule has 0 aromatic heterocycles. The molecule has 1 aliphatic rings. The van der Waals surface area contributed by atoms with Crippen molar-refractivity contribution in [2.45, 2.75) is 52.8 Å². The van der Waals surface area contributed by atoms with E-state index in [1.165, 1.54) is 5.56 Å².